The van der Waals surface area contributed by atoms with Crippen LogP contribution in [0.1, 0.15) is 6.42 Å². The molecule has 52 valence electrons. The van der Waals surface area contributed by atoms with Gasteiger partial charge in [-0.1, -0.05) is 22.6 Å². The van der Waals surface area contributed by atoms with Crippen molar-refractivity contribution in [3.63, 3.8) is 0 Å². The first-order valence-electron chi connectivity index (χ1n) is 2.68. The summed E-state index contributed by atoms with van der Waals surface area (Å²) in [5.74, 6) is -0.475. The van der Waals surface area contributed by atoms with Crippen molar-refractivity contribution in [3.05, 3.63) is 0 Å². The number of aliphatic hydroxyl groups is 1. The van der Waals surface area contributed by atoms with Gasteiger partial charge in [0.2, 0.25) is 0 Å². The molecule has 1 fully saturated rings. The molecule has 0 spiro atoms. The molecule has 4 heteroatoms. The molecule has 9 heavy (non-hydrogen) atoms. The van der Waals surface area contributed by atoms with Gasteiger partial charge in [-0.25, -0.2) is 4.79 Å². The lowest BCUT2D eigenvalue weighted by molar-refractivity contribution is -0.146. The first-order valence-corrected chi connectivity index (χ1v) is 4.21. The highest BCUT2D eigenvalue weighted by Crippen LogP contribution is 2.15. The summed E-state index contributed by atoms with van der Waals surface area (Å²) in [7, 11) is 0. The van der Waals surface area contributed by atoms with Crippen LogP contribution < -0.4 is 0 Å². The van der Waals surface area contributed by atoms with Crippen LogP contribution in [0.2, 0.25) is 0 Å². The maximum atomic E-state index is 10.5. The van der Waals surface area contributed by atoms with Gasteiger partial charge < -0.3 is 9.84 Å². The van der Waals surface area contributed by atoms with Crippen LogP contribution in [0.15, 0.2) is 0 Å². The number of hydrogen-bond donors (Lipinski definition) is 1. The van der Waals surface area contributed by atoms with E-state index in [2.05, 4.69) is 22.6 Å². The average Bonchev–Trinajstić information content (AvgIpc) is 2.13. The molecule has 0 saturated carbocycles. The zero-order valence-electron chi connectivity index (χ0n) is 4.71. The van der Waals surface area contributed by atoms with Gasteiger partial charge in [0.05, 0.1) is 0 Å². The number of carbonyl (C=O) groups excluding carboxylic acids is 1. The highest BCUT2D eigenvalue weighted by Gasteiger charge is 2.31. The van der Waals surface area contributed by atoms with E-state index >= 15 is 0 Å². The second-order valence-electron chi connectivity index (χ2n) is 1.96. The Kier molecular flexibility index (Phi) is 2.29. The summed E-state index contributed by atoms with van der Waals surface area (Å²) in [6, 6.07) is 0. The molecule has 1 N–H and O–H groups in total. The van der Waals surface area contributed by atoms with E-state index in [0.29, 0.717) is 6.42 Å². The third kappa shape index (κ3) is 1.54. The number of rotatable bonds is 1. The summed E-state index contributed by atoms with van der Waals surface area (Å²) in [6.45, 7) is 0. The largest absolute Gasteiger partial charge is 0.460 e. The summed E-state index contributed by atoms with van der Waals surface area (Å²) in [6.07, 6.45) is -0.472. The zero-order chi connectivity index (χ0) is 6.85. The SMILES string of the molecule is O=C1O[C@H](CI)C[C@@H]1O. The Morgan fingerprint density at radius 3 is 2.78 bits per heavy atom. The van der Waals surface area contributed by atoms with E-state index in [0.717, 1.165) is 4.43 Å². The lowest BCUT2D eigenvalue weighted by atomic mass is 10.2. The predicted molar refractivity (Wildman–Crippen MR) is 39.4 cm³/mol. The fourth-order valence-corrected chi connectivity index (χ4v) is 1.27. The molecule has 0 aromatic heterocycles. The predicted octanol–water partition coefficient (Wildman–Crippen LogP) is 0.0978. The van der Waals surface area contributed by atoms with Crippen molar-refractivity contribution in [2.45, 2.75) is 18.6 Å². The average molecular weight is 242 g/mol. The van der Waals surface area contributed by atoms with E-state index in [-0.39, 0.29) is 6.10 Å². The van der Waals surface area contributed by atoms with Crippen LogP contribution in [-0.2, 0) is 9.53 Å². The Morgan fingerprint density at radius 1 is 1.89 bits per heavy atom. The van der Waals surface area contributed by atoms with Gasteiger partial charge in [-0.05, 0) is 0 Å². The van der Waals surface area contributed by atoms with Gasteiger partial charge in [0.1, 0.15) is 6.10 Å². The van der Waals surface area contributed by atoms with Gasteiger partial charge in [0.25, 0.3) is 0 Å². The van der Waals surface area contributed by atoms with Crippen molar-refractivity contribution in [1.82, 2.24) is 0 Å². The third-order valence-corrected chi connectivity index (χ3v) is 2.20. The van der Waals surface area contributed by atoms with E-state index in [4.69, 9.17) is 9.84 Å². The van der Waals surface area contributed by atoms with E-state index < -0.39 is 12.1 Å². The quantitative estimate of drug-likeness (QED) is 0.403. The normalized spacial score (nSPS) is 34.7. The maximum Gasteiger partial charge on any atom is 0.335 e. The van der Waals surface area contributed by atoms with Gasteiger partial charge >= 0.3 is 5.97 Å². The topological polar surface area (TPSA) is 46.5 Å². The zero-order valence-corrected chi connectivity index (χ0v) is 6.87. The van der Waals surface area contributed by atoms with E-state index in [1.807, 2.05) is 0 Å². The van der Waals surface area contributed by atoms with Crippen LogP contribution >= 0.6 is 22.6 Å². The molecular formula is C5H7IO3. The number of cyclic esters (lactones) is 1. The van der Waals surface area contributed by atoms with Gasteiger partial charge in [0, 0.05) is 10.8 Å². The van der Waals surface area contributed by atoms with E-state index in [9.17, 15) is 4.79 Å². The molecule has 0 aliphatic carbocycles. The lowest BCUT2D eigenvalue weighted by Crippen LogP contribution is -2.11. The van der Waals surface area contributed by atoms with E-state index in [1.165, 1.54) is 0 Å². The first-order chi connectivity index (χ1) is 4.24. The summed E-state index contributed by atoms with van der Waals surface area (Å²) < 4.78 is 5.49. The number of ether oxygens (including phenoxy) is 1. The molecule has 0 amide bonds. The number of alkyl halides is 1. The molecule has 2 atom stereocenters. The number of carbonyl (C=O) groups is 1. The molecule has 1 heterocycles. The fraction of sp³-hybridized carbons (Fsp3) is 0.800. The molecular weight excluding hydrogens is 235 g/mol. The fourth-order valence-electron chi connectivity index (χ4n) is 0.731. The van der Waals surface area contributed by atoms with Crippen LogP contribution in [-0.4, -0.2) is 27.7 Å². The number of hydrogen-bond acceptors (Lipinski definition) is 3. The Labute approximate surface area is 66.5 Å². The Morgan fingerprint density at radius 2 is 2.56 bits per heavy atom. The van der Waals surface area contributed by atoms with Crippen molar-refractivity contribution in [2.75, 3.05) is 4.43 Å². The molecule has 1 aliphatic heterocycles. The highest BCUT2D eigenvalue weighted by atomic mass is 127. The second kappa shape index (κ2) is 2.83. The monoisotopic (exact) mass is 242 g/mol. The second-order valence-corrected chi connectivity index (χ2v) is 2.85. The van der Waals surface area contributed by atoms with Crippen LogP contribution in [0.3, 0.4) is 0 Å². The molecule has 0 unspecified atom stereocenters. The first kappa shape index (κ1) is 7.27. The summed E-state index contributed by atoms with van der Waals surface area (Å²) in [5, 5.41) is 8.82. The van der Waals surface area contributed by atoms with Crippen molar-refractivity contribution < 1.29 is 14.6 Å². The molecule has 1 aliphatic rings. The molecule has 0 aromatic carbocycles. The van der Waals surface area contributed by atoms with Crippen molar-refractivity contribution in [1.29, 1.82) is 0 Å². The van der Waals surface area contributed by atoms with Crippen LogP contribution in [0.5, 0.6) is 0 Å². The van der Waals surface area contributed by atoms with Gasteiger partial charge in [0.15, 0.2) is 6.10 Å². The summed E-state index contributed by atoms with van der Waals surface area (Å²) in [5.41, 5.74) is 0. The number of halogens is 1. The molecule has 3 nitrogen and oxygen atoms in total. The smallest absolute Gasteiger partial charge is 0.335 e. The minimum atomic E-state index is -0.871. The molecule has 1 rings (SSSR count). The van der Waals surface area contributed by atoms with Crippen LogP contribution in [0.25, 0.3) is 0 Å². The molecule has 1 saturated heterocycles. The molecule has 0 radical (unpaired) electrons. The maximum absolute atomic E-state index is 10.5. The Balaban J connectivity index is 2.44. The van der Waals surface area contributed by atoms with Crippen molar-refractivity contribution in [2.24, 2.45) is 0 Å². The standard InChI is InChI=1S/C5H7IO3/c6-2-3-1-4(7)5(8)9-3/h3-4,7H,1-2H2/t3-,4-/m0/s1. The van der Waals surface area contributed by atoms with Gasteiger partial charge in [-0.3, -0.25) is 0 Å². The highest BCUT2D eigenvalue weighted by molar-refractivity contribution is 14.1. The van der Waals surface area contributed by atoms with Crippen molar-refractivity contribution in [3.8, 4) is 0 Å². The number of esters is 1. The van der Waals surface area contributed by atoms with E-state index in [1.54, 1.807) is 0 Å². The van der Waals surface area contributed by atoms with Crippen LogP contribution in [0, 0.1) is 0 Å². The molecule has 0 aromatic rings. The third-order valence-electron chi connectivity index (χ3n) is 1.21. The summed E-state index contributed by atoms with van der Waals surface area (Å²) in [4.78, 5) is 10.5. The Hall–Kier alpha value is 0.160. The van der Waals surface area contributed by atoms with Crippen LogP contribution in [0.4, 0.5) is 0 Å². The Bertz CT molecular complexity index is 125. The van der Waals surface area contributed by atoms with Crippen molar-refractivity contribution >= 4 is 28.6 Å². The minimum Gasteiger partial charge on any atom is -0.460 e. The van der Waals surface area contributed by atoms with Gasteiger partial charge in [-0.2, -0.15) is 0 Å². The van der Waals surface area contributed by atoms with Gasteiger partial charge in [-0.15, -0.1) is 0 Å². The minimum absolute atomic E-state index is 0.0619. The summed E-state index contributed by atoms with van der Waals surface area (Å²) >= 11 is 2.12. The lowest BCUT2D eigenvalue weighted by Gasteiger charge is -2.00. The number of aliphatic hydroxyl groups excluding tert-OH is 1. The molecule has 0 bridgehead atoms.